The van der Waals surface area contributed by atoms with Crippen LogP contribution in [-0.4, -0.2) is 82.3 Å². The number of nitrogens with two attached hydrogens (primary N) is 1. The summed E-state index contributed by atoms with van der Waals surface area (Å²) in [6, 6.07) is 5.43. The van der Waals surface area contributed by atoms with Gasteiger partial charge in [-0.3, -0.25) is 9.80 Å². The molecule has 12 nitrogen and oxygen atoms in total. The number of benzene rings is 2. The molecule has 0 aliphatic carbocycles. The number of thiazole rings is 1. The molecule has 3 aromatic rings. The Morgan fingerprint density at radius 1 is 1.26 bits per heavy atom. The standard InChI is InChI=1S/C27H29F3N8O4S/c1-12-33-17-4-3-14(7-22(17)43-12)34-27(35-23(31)9-24(40)32-2)20-8-19(26(41)21(11-39)42-20)38-10-18(36-37-38)13-5-15(28)25(30)16(29)6-13/h3-7,18-21,26,39,41H,8-11H2,1-2H3,(H,32,40)(H2,31,34,35). The number of aliphatic hydroxyl groups is 2. The number of nitrogens with one attached hydrogen (secondary N) is 1. The second-order valence-corrected chi connectivity index (χ2v) is 11.3. The van der Waals surface area contributed by atoms with E-state index in [9.17, 15) is 28.2 Å². The van der Waals surface area contributed by atoms with E-state index in [-0.39, 0.29) is 42.5 Å². The molecule has 43 heavy (non-hydrogen) atoms. The van der Waals surface area contributed by atoms with Crippen LogP contribution in [0.1, 0.15) is 29.5 Å². The molecule has 1 saturated heterocycles. The Balaban J connectivity index is 1.45. The summed E-state index contributed by atoms with van der Waals surface area (Å²) in [6.07, 6.45) is -3.43. The van der Waals surface area contributed by atoms with E-state index in [1.54, 1.807) is 6.07 Å². The van der Waals surface area contributed by atoms with E-state index < -0.39 is 54.5 Å². The minimum Gasteiger partial charge on any atom is -0.394 e. The maximum Gasteiger partial charge on any atom is 0.227 e. The second-order valence-electron chi connectivity index (χ2n) is 10.1. The number of amidine groups is 2. The molecule has 0 radical (unpaired) electrons. The first-order chi connectivity index (χ1) is 20.6. The topological polar surface area (TPSA) is 170 Å². The van der Waals surface area contributed by atoms with Crippen molar-refractivity contribution >= 4 is 44.8 Å². The van der Waals surface area contributed by atoms with Crippen LogP contribution in [0.2, 0.25) is 0 Å². The number of aliphatic hydroxyl groups excluding tert-OH is 2. The quantitative estimate of drug-likeness (QED) is 0.179. The molecule has 3 heterocycles. The molecule has 5 unspecified atom stereocenters. The fourth-order valence-electron chi connectivity index (χ4n) is 4.93. The molecule has 2 aliphatic heterocycles. The third-order valence-corrected chi connectivity index (χ3v) is 8.01. The van der Waals surface area contributed by atoms with E-state index >= 15 is 0 Å². The van der Waals surface area contributed by atoms with Crippen LogP contribution >= 0.6 is 11.3 Å². The number of nitrogens with zero attached hydrogens (tertiary/aromatic N) is 6. The van der Waals surface area contributed by atoms with Gasteiger partial charge in [-0.1, -0.05) is 5.22 Å². The molecule has 2 aromatic carbocycles. The number of carbonyl (C=O) groups excluding carboxylic acids is 1. The molecule has 16 heteroatoms. The summed E-state index contributed by atoms with van der Waals surface area (Å²) < 4.78 is 48.1. The Labute approximate surface area is 247 Å². The van der Waals surface area contributed by atoms with Crippen molar-refractivity contribution in [3.8, 4) is 0 Å². The van der Waals surface area contributed by atoms with Crippen molar-refractivity contribution in [2.45, 2.75) is 50.2 Å². The lowest BCUT2D eigenvalue weighted by Crippen LogP contribution is -2.56. The number of amides is 1. The highest BCUT2D eigenvalue weighted by molar-refractivity contribution is 7.18. The minimum atomic E-state index is -1.59. The second kappa shape index (κ2) is 12.7. The lowest BCUT2D eigenvalue weighted by molar-refractivity contribution is -0.147. The molecule has 5 N–H and O–H groups in total. The smallest absolute Gasteiger partial charge is 0.227 e. The number of carbonyl (C=O) groups is 1. The van der Waals surface area contributed by atoms with Crippen LogP contribution in [0.5, 0.6) is 0 Å². The van der Waals surface area contributed by atoms with Gasteiger partial charge in [0.15, 0.2) is 23.3 Å². The van der Waals surface area contributed by atoms with Crippen molar-refractivity contribution in [2.75, 3.05) is 20.2 Å². The summed E-state index contributed by atoms with van der Waals surface area (Å²) >= 11 is 1.49. The maximum atomic E-state index is 13.9. The van der Waals surface area contributed by atoms with Gasteiger partial charge in [-0.05, 0) is 42.8 Å². The predicted molar refractivity (Wildman–Crippen MR) is 153 cm³/mol. The zero-order valence-corrected chi connectivity index (χ0v) is 23.9. The zero-order chi connectivity index (χ0) is 30.8. The normalized spacial score (nSPS) is 24.6. The summed E-state index contributed by atoms with van der Waals surface area (Å²) in [4.78, 5) is 25.5. The van der Waals surface area contributed by atoms with E-state index in [1.807, 2.05) is 19.1 Å². The van der Waals surface area contributed by atoms with Crippen LogP contribution in [0.25, 0.3) is 10.2 Å². The molecule has 1 amide bonds. The summed E-state index contributed by atoms with van der Waals surface area (Å²) in [7, 11) is 1.46. The summed E-state index contributed by atoms with van der Waals surface area (Å²) in [5.41, 5.74) is 7.47. The molecular weight excluding hydrogens is 589 g/mol. The van der Waals surface area contributed by atoms with Crippen molar-refractivity contribution in [3.05, 3.63) is 58.4 Å². The first-order valence-corrected chi connectivity index (χ1v) is 14.1. The molecule has 5 atom stereocenters. The molecule has 0 saturated carbocycles. The number of aliphatic imine (C=N–C) groups is 2. The van der Waals surface area contributed by atoms with Gasteiger partial charge < -0.3 is 26.0 Å². The van der Waals surface area contributed by atoms with Gasteiger partial charge >= 0.3 is 0 Å². The van der Waals surface area contributed by atoms with Crippen LogP contribution in [0.3, 0.4) is 0 Å². The van der Waals surface area contributed by atoms with E-state index in [1.165, 1.54) is 23.4 Å². The SMILES string of the molecule is CNC(=O)CC(N)=NC(=Nc1ccc2nc(C)sc2c1)C1CC(N2CC(c3cc(F)c(F)c(F)c3)N=N2)C(O)C(CO)O1. The predicted octanol–water partition coefficient (Wildman–Crippen LogP) is 2.85. The molecule has 0 spiro atoms. The highest BCUT2D eigenvalue weighted by Crippen LogP contribution is 2.34. The van der Waals surface area contributed by atoms with Crippen molar-refractivity contribution in [1.29, 1.82) is 0 Å². The van der Waals surface area contributed by atoms with Crippen LogP contribution in [0.4, 0.5) is 18.9 Å². The lowest BCUT2D eigenvalue weighted by Gasteiger charge is -2.41. The molecule has 1 aromatic heterocycles. The Morgan fingerprint density at radius 2 is 2.00 bits per heavy atom. The third-order valence-electron chi connectivity index (χ3n) is 7.08. The summed E-state index contributed by atoms with van der Waals surface area (Å²) in [5.74, 6) is -4.61. The average Bonchev–Trinajstić information content (AvgIpc) is 3.61. The summed E-state index contributed by atoms with van der Waals surface area (Å²) in [6.45, 7) is 1.34. The van der Waals surface area contributed by atoms with Crippen molar-refractivity contribution in [2.24, 2.45) is 26.1 Å². The van der Waals surface area contributed by atoms with E-state index in [4.69, 9.17) is 10.5 Å². The van der Waals surface area contributed by atoms with Crippen molar-refractivity contribution in [3.63, 3.8) is 0 Å². The number of ether oxygens (including phenoxy) is 1. The lowest BCUT2D eigenvalue weighted by atomic mass is 9.93. The fourth-order valence-corrected chi connectivity index (χ4v) is 5.79. The van der Waals surface area contributed by atoms with Crippen LogP contribution in [0, 0.1) is 24.4 Å². The number of hydrogen-bond donors (Lipinski definition) is 4. The van der Waals surface area contributed by atoms with E-state index in [2.05, 4.69) is 30.6 Å². The largest absolute Gasteiger partial charge is 0.394 e. The first-order valence-electron chi connectivity index (χ1n) is 13.3. The Morgan fingerprint density at radius 3 is 2.70 bits per heavy atom. The van der Waals surface area contributed by atoms with E-state index in [0.29, 0.717) is 5.69 Å². The van der Waals surface area contributed by atoms with Crippen molar-refractivity contribution in [1.82, 2.24) is 15.3 Å². The maximum absolute atomic E-state index is 13.9. The molecular formula is C27H29F3N8O4S. The van der Waals surface area contributed by atoms with Gasteiger partial charge in [-0.15, -0.1) is 11.3 Å². The van der Waals surface area contributed by atoms with Crippen LogP contribution in [0.15, 0.2) is 50.7 Å². The third kappa shape index (κ3) is 6.66. The molecule has 1 fully saturated rings. The zero-order valence-electron chi connectivity index (χ0n) is 23.1. The average molecular weight is 619 g/mol. The van der Waals surface area contributed by atoms with Gasteiger partial charge in [0.1, 0.15) is 30.2 Å². The monoisotopic (exact) mass is 618 g/mol. The molecule has 2 aliphatic rings. The number of hydrogen-bond acceptors (Lipinski definition) is 10. The first kappa shape index (κ1) is 30.5. The van der Waals surface area contributed by atoms with Gasteiger partial charge in [0.25, 0.3) is 0 Å². The van der Waals surface area contributed by atoms with Crippen LogP contribution < -0.4 is 11.1 Å². The summed E-state index contributed by atoms with van der Waals surface area (Å²) in [5, 5.41) is 34.1. The number of aromatic nitrogens is 1. The number of aryl methyl sites for hydroxylation is 1. The van der Waals surface area contributed by atoms with Crippen molar-refractivity contribution < 1.29 is 32.9 Å². The molecule has 228 valence electrons. The Bertz CT molecular complexity index is 1590. The van der Waals surface area contributed by atoms with Gasteiger partial charge in [-0.2, -0.15) is 5.11 Å². The molecule has 0 bridgehead atoms. The van der Waals surface area contributed by atoms with Crippen LogP contribution in [-0.2, 0) is 9.53 Å². The highest BCUT2D eigenvalue weighted by Gasteiger charge is 2.44. The van der Waals surface area contributed by atoms with Gasteiger partial charge in [0, 0.05) is 13.5 Å². The number of rotatable bonds is 7. The molecule has 5 rings (SSSR count). The Kier molecular flexibility index (Phi) is 9.00. The van der Waals surface area contributed by atoms with E-state index in [0.717, 1.165) is 27.4 Å². The van der Waals surface area contributed by atoms with Gasteiger partial charge in [0.05, 0.1) is 46.5 Å². The van der Waals surface area contributed by atoms with Gasteiger partial charge in [0.2, 0.25) is 5.91 Å². The number of fused-ring (bicyclic) bond motifs is 1. The van der Waals surface area contributed by atoms with Gasteiger partial charge in [-0.25, -0.2) is 28.1 Å². The minimum absolute atomic E-state index is 0.00700. The highest BCUT2D eigenvalue weighted by atomic mass is 32.1. The number of halogens is 3. The fraction of sp³-hybridized carbons (Fsp3) is 0.407. The Hall–Kier alpha value is -3.99.